The number of ether oxygens (including phenoxy) is 2. The van der Waals surface area contributed by atoms with E-state index >= 15 is 0 Å². The number of nitrogens with zero attached hydrogens (tertiary/aromatic N) is 1. The second-order valence-electron chi connectivity index (χ2n) is 5.38. The number of hydrogen-bond acceptors (Lipinski definition) is 5. The highest BCUT2D eigenvalue weighted by Gasteiger charge is 2.22. The first kappa shape index (κ1) is 21.2. The van der Waals surface area contributed by atoms with Gasteiger partial charge in [-0.3, -0.25) is 4.79 Å². The highest BCUT2D eigenvalue weighted by atomic mass is 35.5. The predicted molar refractivity (Wildman–Crippen MR) is 99.6 cm³/mol. The summed E-state index contributed by atoms with van der Waals surface area (Å²) in [6.45, 7) is 0. The van der Waals surface area contributed by atoms with Gasteiger partial charge in [-0.1, -0.05) is 23.2 Å². The van der Waals surface area contributed by atoms with Gasteiger partial charge in [0.25, 0.3) is 5.91 Å². The molecule has 0 saturated carbocycles. The van der Waals surface area contributed by atoms with Crippen LogP contribution in [-0.2, 0) is 10.2 Å². The summed E-state index contributed by atoms with van der Waals surface area (Å²) in [6.07, 6.45) is 0. The van der Waals surface area contributed by atoms with Crippen molar-refractivity contribution in [2.75, 3.05) is 21.2 Å². The van der Waals surface area contributed by atoms with Gasteiger partial charge in [0.05, 0.1) is 22.7 Å². The Morgan fingerprint density at radius 2 is 1.74 bits per heavy atom. The van der Waals surface area contributed by atoms with Crippen molar-refractivity contribution in [3.8, 4) is 17.2 Å². The van der Waals surface area contributed by atoms with Gasteiger partial charge in [-0.05, 0) is 18.2 Å². The van der Waals surface area contributed by atoms with Gasteiger partial charge >= 0.3 is 10.2 Å². The molecule has 0 aliphatic carbocycles. The summed E-state index contributed by atoms with van der Waals surface area (Å²) in [4.78, 5) is 12.0. The minimum Gasteiger partial charge on any atom is -0.495 e. The van der Waals surface area contributed by atoms with Crippen LogP contribution in [-0.4, -0.2) is 39.8 Å². The number of carbonyl (C=O) groups is 1. The number of nitrogens with one attached hydrogen (secondary N) is 1. The molecule has 7 nitrogen and oxygen atoms in total. The highest BCUT2D eigenvalue weighted by Crippen LogP contribution is 2.35. The maximum atomic E-state index is 14.3. The molecule has 0 unspecified atom stereocenters. The van der Waals surface area contributed by atoms with E-state index in [0.29, 0.717) is 5.75 Å². The van der Waals surface area contributed by atoms with Gasteiger partial charge < -0.3 is 9.47 Å². The van der Waals surface area contributed by atoms with Crippen molar-refractivity contribution in [3.05, 3.63) is 51.8 Å². The zero-order valence-electron chi connectivity index (χ0n) is 14.4. The SMILES string of the molecule is COc1ccc(Oc2cc(F)c(C(=O)NS(=O)(=O)N(C)C)cc2Cl)cc1Cl. The van der Waals surface area contributed by atoms with Crippen LogP contribution in [0.15, 0.2) is 30.3 Å². The average Bonchev–Trinajstić information content (AvgIpc) is 2.57. The highest BCUT2D eigenvalue weighted by molar-refractivity contribution is 7.87. The van der Waals surface area contributed by atoms with Gasteiger partial charge in [0, 0.05) is 26.2 Å². The first-order valence-corrected chi connectivity index (χ1v) is 9.49. The molecule has 0 spiro atoms. The number of halogens is 3. The van der Waals surface area contributed by atoms with Crippen LogP contribution >= 0.6 is 23.2 Å². The summed E-state index contributed by atoms with van der Waals surface area (Å²) in [5.41, 5.74) is -0.550. The molecule has 0 radical (unpaired) electrons. The van der Waals surface area contributed by atoms with Crippen LogP contribution < -0.4 is 14.2 Å². The van der Waals surface area contributed by atoms with Crippen molar-refractivity contribution in [1.29, 1.82) is 0 Å². The number of hydrogen-bond donors (Lipinski definition) is 1. The molecule has 0 atom stereocenters. The molecule has 146 valence electrons. The monoisotopic (exact) mass is 436 g/mol. The van der Waals surface area contributed by atoms with Gasteiger partial charge in [0.2, 0.25) is 0 Å². The molecule has 0 fully saturated rings. The lowest BCUT2D eigenvalue weighted by molar-refractivity contribution is 0.0976. The van der Waals surface area contributed by atoms with Crippen LogP contribution in [0.25, 0.3) is 0 Å². The number of methoxy groups -OCH3 is 1. The van der Waals surface area contributed by atoms with Crippen molar-refractivity contribution < 1.29 is 27.1 Å². The number of carbonyl (C=O) groups excluding carboxylic acids is 1. The number of amides is 1. The van der Waals surface area contributed by atoms with Gasteiger partial charge in [0.15, 0.2) is 0 Å². The van der Waals surface area contributed by atoms with Crippen LogP contribution in [0, 0.1) is 5.82 Å². The smallest absolute Gasteiger partial charge is 0.303 e. The molecule has 2 aromatic rings. The lowest BCUT2D eigenvalue weighted by Crippen LogP contribution is -2.39. The summed E-state index contributed by atoms with van der Waals surface area (Å²) >= 11 is 12.0. The van der Waals surface area contributed by atoms with Crippen molar-refractivity contribution in [2.45, 2.75) is 0 Å². The minimum absolute atomic E-state index is 0.0811. The van der Waals surface area contributed by atoms with E-state index < -0.39 is 27.5 Å². The Kier molecular flexibility index (Phi) is 6.53. The summed E-state index contributed by atoms with van der Waals surface area (Å²) in [5.74, 6) is -1.57. The maximum absolute atomic E-state index is 14.3. The Bertz CT molecular complexity index is 983. The van der Waals surface area contributed by atoms with E-state index in [2.05, 4.69) is 0 Å². The Morgan fingerprint density at radius 3 is 2.30 bits per heavy atom. The van der Waals surface area contributed by atoms with Crippen LogP contribution in [0.5, 0.6) is 17.2 Å². The molecule has 2 aromatic carbocycles. The van der Waals surface area contributed by atoms with Crippen LogP contribution in [0.4, 0.5) is 4.39 Å². The van der Waals surface area contributed by atoms with Crippen LogP contribution in [0.1, 0.15) is 10.4 Å². The lowest BCUT2D eigenvalue weighted by Gasteiger charge is -2.14. The molecule has 0 aromatic heterocycles. The Hall–Kier alpha value is -2.07. The van der Waals surface area contributed by atoms with E-state index in [4.69, 9.17) is 32.7 Å². The molecular formula is C16H15Cl2FN2O5S. The molecule has 1 amide bonds. The largest absolute Gasteiger partial charge is 0.495 e. The Balaban J connectivity index is 2.29. The van der Waals surface area contributed by atoms with E-state index in [1.54, 1.807) is 10.8 Å². The number of rotatable bonds is 6. The van der Waals surface area contributed by atoms with Crippen LogP contribution in [0.2, 0.25) is 10.0 Å². The predicted octanol–water partition coefficient (Wildman–Crippen LogP) is 3.47. The number of benzene rings is 2. The molecule has 2 rings (SSSR count). The molecule has 0 saturated heterocycles. The third-order valence-electron chi connectivity index (χ3n) is 3.32. The molecule has 11 heteroatoms. The Morgan fingerprint density at radius 1 is 1.11 bits per heavy atom. The molecule has 0 heterocycles. The van der Waals surface area contributed by atoms with Gasteiger partial charge in [0.1, 0.15) is 23.1 Å². The van der Waals surface area contributed by atoms with Crippen molar-refractivity contribution in [1.82, 2.24) is 9.03 Å². The summed E-state index contributed by atoms with van der Waals surface area (Å²) in [5, 5.41) is 0.173. The Labute approximate surface area is 165 Å². The zero-order valence-corrected chi connectivity index (χ0v) is 16.7. The second kappa shape index (κ2) is 8.30. The van der Waals surface area contributed by atoms with Gasteiger partial charge in [-0.15, -0.1) is 0 Å². The molecular weight excluding hydrogens is 422 g/mol. The minimum atomic E-state index is -4.08. The van der Waals surface area contributed by atoms with Crippen molar-refractivity contribution in [3.63, 3.8) is 0 Å². The fourth-order valence-electron chi connectivity index (χ4n) is 1.88. The molecule has 0 aliphatic heterocycles. The van der Waals surface area contributed by atoms with E-state index in [1.165, 1.54) is 33.3 Å². The van der Waals surface area contributed by atoms with E-state index in [9.17, 15) is 17.6 Å². The topological polar surface area (TPSA) is 84.9 Å². The van der Waals surface area contributed by atoms with E-state index in [-0.39, 0.29) is 21.5 Å². The third kappa shape index (κ3) is 5.01. The van der Waals surface area contributed by atoms with Crippen molar-refractivity contribution >= 4 is 39.3 Å². The van der Waals surface area contributed by atoms with E-state index in [1.807, 2.05) is 0 Å². The first-order chi connectivity index (χ1) is 12.5. The van der Waals surface area contributed by atoms with E-state index in [0.717, 1.165) is 16.4 Å². The molecule has 0 aliphatic rings. The summed E-state index contributed by atoms with van der Waals surface area (Å²) in [7, 11) is -0.190. The summed E-state index contributed by atoms with van der Waals surface area (Å²) in [6, 6.07) is 6.37. The zero-order chi connectivity index (χ0) is 20.4. The fourth-order valence-corrected chi connectivity index (χ4v) is 2.86. The maximum Gasteiger partial charge on any atom is 0.303 e. The molecule has 0 bridgehead atoms. The molecule has 27 heavy (non-hydrogen) atoms. The van der Waals surface area contributed by atoms with Gasteiger partial charge in [-0.25, -0.2) is 9.11 Å². The molecule has 1 N–H and O–H groups in total. The quantitative estimate of drug-likeness (QED) is 0.748. The van der Waals surface area contributed by atoms with Gasteiger partial charge in [-0.2, -0.15) is 12.7 Å². The van der Waals surface area contributed by atoms with Crippen molar-refractivity contribution in [2.24, 2.45) is 0 Å². The average molecular weight is 437 g/mol. The lowest BCUT2D eigenvalue weighted by atomic mass is 10.2. The fraction of sp³-hybridized carbons (Fsp3) is 0.188. The summed E-state index contributed by atoms with van der Waals surface area (Å²) < 4.78 is 50.7. The normalized spacial score (nSPS) is 11.4. The first-order valence-electron chi connectivity index (χ1n) is 7.30. The van der Waals surface area contributed by atoms with Crippen LogP contribution in [0.3, 0.4) is 0 Å². The second-order valence-corrected chi connectivity index (χ2v) is 8.08. The standard InChI is InChI=1S/C16H15Cl2FN2O5S/c1-21(2)27(23,24)20-16(22)10-7-12(18)15(8-13(10)19)26-9-4-5-14(25-3)11(17)6-9/h4-8H,1-3H3,(H,20,22). The third-order valence-corrected chi connectivity index (χ3v) is 5.32.